The van der Waals surface area contributed by atoms with Crippen LogP contribution in [0.3, 0.4) is 0 Å². The average molecular weight is 446 g/mol. The molecule has 2 heterocycles. The maximum Gasteiger partial charge on any atom is 0.262 e. The number of sulfonamides is 1. The van der Waals surface area contributed by atoms with Crippen molar-refractivity contribution in [2.24, 2.45) is 5.92 Å². The normalized spacial score (nSPS) is 14.5. The number of hydrogen-bond acceptors (Lipinski definition) is 6. The molecule has 168 valence electrons. The Morgan fingerprint density at radius 3 is 2.42 bits per heavy atom. The molecule has 8 nitrogen and oxygen atoms in total. The van der Waals surface area contributed by atoms with Crippen LogP contribution < -0.4 is 14.9 Å². The number of nitrogens with zero attached hydrogens (tertiary/aromatic N) is 3. The highest BCUT2D eigenvalue weighted by atomic mass is 32.2. The lowest BCUT2D eigenvalue weighted by molar-refractivity contribution is 0.0827. The van der Waals surface area contributed by atoms with Gasteiger partial charge in [0.25, 0.3) is 15.9 Å². The highest BCUT2D eigenvalue weighted by molar-refractivity contribution is 7.92. The van der Waals surface area contributed by atoms with Gasteiger partial charge in [-0.25, -0.2) is 13.4 Å². The van der Waals surface area contributed by atoms with Gasteiger partial charge in [-0.3, -0.25) is 9.52 Å². The van der Waals surface area contributed by atoms with E-state index in [0.717, 1.165) is 25.1 Å². The third kappa shape index (κ3) is 5.74. The zero-order chi connectivity index (χ0) is 22.6. The summed E-state index contributed by atoms with van der Waals surface area (Å²) in [5, 5.41) is 3.27. The van der Waals surface area contributed by atoms with Crippen molar-refractivity contribution in [3.63, 3.8) is 0 Å². The minimum absolute atomic E-state index is 0.176. The molecule has 0 aliphatic carbocycles. The lowest BCUT2D eigenvalue weighted by Gasteiger charge is -2.30. The second-order valence-corrected chi connectivity index (χ2v) is 10.1. The summed E-state index contributed by atoms with van der Waals surface area (Å²) >= 11 is 0. The Kier molecular flexibility index (Phi) is 7.17. The van der Waals surface area contributed by atoms with Gasteiger partial charge in [0, 0.05) is 46.5 Å². The highest BCUT2D eigenvalue weighted by Crippen LogP contribution is 2.28. The number of hydrogen-bond donors (Lipinski definition) is 2. The summed E-state index contributed by atoms with van der Waals surface area (Å²) in [6.45, 7) is 7.21. The highest BCUT2D eigenvalue weighted by Gasteiger charge is 2.23. The molecule has 1 fully saturated rings. The molecule has 1 aliphatic heterocycles. The van der Waals surface area contributed by atoms with Gasteiger partial charge >= 0.3 is 0 Å². The van der Waals surface area contributed by atoms with E-state index in [9.17, 15) is 13.2 Å². The first-order chi connectivity index (χ1) is 14.7. The largest absolute Gasteiger partial charge is 0.352 e. The Morgan fingerprint density at radius 2 is 1.84 bits per heavy atom. The maximum absolute atomic E-state index is 13.1. The van der Waals surface area contributed by atoms with Crippen LogP contribution in [0.25, 0.3) is 0 Å². The lowest BCUT2D eigenvalue weighted by atomic mass is 10.0. The number of pyridine rings is 1. The van der Waals surface area contributed by atoms with E-state index in [2.05, 4.69) is 28.9 Å². The summed E-state index contributed by atoms with van der Waals surface area (Å²) in [5.41, 5.74) is 1.73. The number of rotatable bonds is 7. The number of carbonyl (C=O) groups excluding carboxylic acids is 1. The zero-order valence-electron chi connectivity index (χ0n) is 18.6. The number of anilines is 2. The molecular weight excluding hydrogens is 414 g/mol. The Labute approximate surface area is 184 Å². The van der Waals surface area contributed by atoms with Crippen molar-refractivity contribution in [3.8, 4) is 0 Å². The van der Waals surface area contributed by atoms with Gasteiger partial charge in [-0.05, 0) is 36.1 Å². The molecule has 2 aromatic rings. The molecule has 0 spiro atoms. The Hall–Kier alpha value is -2.65. The van der Waals surface area contributed by atoms with Crippen molar-refractivity contribution < 1.29 is 13.2 Å². The van der Waals surface area contributed by atoms with Gasteiger partial charge in [0.05, 0.1) is 16.1 Å². The first-order valence-corrected chi connectivity index (χ1v) is 11.9. The van der Waals surface area contributed by atoms with Gasteiger partial charge in [-0.2, -0.15) is 0 Å². The molecule has 0 bridgehead atoms. The molecule has 1 saturated heterocycles. The van der Waals surface area contributed by atoms with E-state index in [1.54, 1.807) is 32.3 Å². The number of piperazine rings is 1. The number of aromatic nitrogens is 1. The monoisotopic (exact) mass is 445 g/mol. The summed E-state index contributed by atoms with van der Waals surface area (Å²) in [4.78, 5) is 20.5. The molecule has 0 unspecified atom stereocenters. The van der Waals surface area contributed by atoms with E-state index >= 15 is 0 Å². The second-order valence-electron chi connectivity index (χ2n) is 8.38. The minimum atomic E-state index is -3.84. The molecule has 0 atom stereocenters. The van der Waals surface area contributed by atoms with Gasteiger partial charge in [0.1, 0.15) is 0 Å². The summed E-state index contributed by atoms with van der Waals surface area (Å²) in [5.74, 6) is 0.778. The van der Waals surface area contributed by atoms with Crippen LogP contribution in [-0.2, 0) is 16.4 Å². The van der Waals surface area contributed by atoms with E-state index < -0.39 is 10.0 Å². The third-order valence-electron chi connectivity index (χ3n) is 5.06. The lowest BCUT2D eigenvalue weighted by Crippen LogP contribution is -2.44. The first kappa shape index (κ1) is 23.0. The predicted octanol–water partition coefficient (Wildman–Crippen LogP) is 2.19. The first-order valence-electron chi connectivity index (χ1n) is 10.5. The van der Waals surface area contributed by atoms with Crippen LogP contribution in [0, 0.1) is 5.92 Å². The molecule has 9 heteroatoms. The van der Waals surface area contributed by atoms with Gasteiger partial charge in [-0.15, -0.1) is 0 Å². The predicted molar refractivity (Wildman–Crippen MR) is 123 cm³/mol. The molecule has 2 N–H and O–H groups in total. The van der Waals surface area contributed by atoms with Crippen molar-refractivity contribution in [1.82, 2.24) is 15.2 Å². The van der Waals surface area contributed by atoms with Crippen molar-refractivity contribution >= 4 is 27.4 Å². The number of benzene rings is 1. The topological polar surface area (TPSA) is 94.6 Å². The molecule has 0 radical (unpaired) electrons. The fourth-order valence-electron chi connectivity index (χ4n) is 3.52. The van der Waals surface area contributed by atoms with E-state index in [1.165, 1.54) is 11.1 Å². The fraction of sp³-hybridized carbons (Fsp3) is 0.455. The van der Waals surface area contributed by atoms with Crippen LogP contribution in [0.15, 0.2) is 41.4 Å². The quantitative estimate of drug-likeness (QED) is 0.679. The van der Waals surface area contributed by atoms with Crippen molar-refractivity contribution in [3.05, 3.63) is 47.7 Å². The molecule has 3 rings (SSSR count). The van der Waals surface area contributed by atoms with Crippen LogP contribution >= 0.6 is 0 Å². The summed E-state index contributed by atoms with van der Waals surface area (Å²) in [6.07, 6.45) is 2.39. The number of nitrogens with one attached hydrogen (secondary N) is 2. The van der Waals surface area contributed by atoms with E-state index in [1.807, 2.05) is 17.0 Å². The molecule has 1 aliphatic rings. The molecule has 31 heavy (non-hydrogen) atoms. The fourth-order valence-corrected chi connectivity index (χ4v) is 4.57. The van der Waals surface area contributed by atoms with Crippen LogP contribution in [0.5, 0.6) is 0 Å². The average Bonchev–Trinajstić information content (AvgIpc) is 2.73. The van der Waals surface area contributed by atoms with E-state index in [4.69, 9.17) is 0 Å². The number of carbonyl (C=O) groups is 1. The van der Waals surface area contributed by atoms with Gasteiger partial charge in [0.15, 0.2) is 5.82 Å². The standard InChI is InChI=1S/C22H31N5O3S/c1-16(2)13-17-5-7-19(8-6-17)31(29,30)25-20-14-18(22(28)26(3)4)15-24-21(20)27-11-9-23-10-12-27/h5-8,14-16,23,25H,9-13H2,1-4H3. The molecular formula is C22H31N5O3S. The molecule has 0 saturated carbocycles. The SMILES string of the molecule is CC(C)Cc1ccc(S(=O)(=O)Nc2cc(C(=O)N(C)C)cnc2N2CCNCC2)cc1. The summed E-state index contributed by atoms with van der Waals surface area (Å²) in [6, 6.07) is 8.49. The molecule has 1 aromatic carbocycles. The second kappa shape index (κ2) is 9.65. The van der Waals surface area contributed by atoms with E-state index in [0.29, 0.717) is 36.1 Å². The van der Waals surface area contributed by atoms with Gasteiger partial charge in [-0.1, -0.05) is 26.0 Å². The minimum Gasteiger partial charge on any atom is -0.352 e. The Bertz CT molecular complexity index is 1010. The van der Waals surface area contributed by atoms with Crippen LogP contribution in [-0.4, -0.2) is 64.5 Å². The summed E-state index contributed by atoms with van der Waals surface area (Å²) in [7, 11) is -0.544. The van der Waals surface area contributed by atoms with Crippen molar-refractivity contribution in [2.75, 3.05) is 49.9 Å². The van der Waals surface area contributed by atoms with Gasteiger partial charge < -0.3 is 15.1 Å². The number of amides is 1. The third-order valence-corrected chi connectivity index (χ3v) is 6.44. The smallest absolute Gasteiger partial charge is 0.262 e. The zero-order valence-corrected chi connectivity index (χ0v) is 19.4. The van der Waals surface area contributed by atoms with Crippen LogP contribution in [0.2, 0.25) is 0 Å². The van der Waals surface area contributed by atoms with Crippen LogP contribution in [0.1, 0.15) is 29.8 Å². The maximum atomic E-state index is 13.1. The Balaban J connectivity index is 1.94. The van der Waals surface area contributed by atoms with Crippen LogP contribution in [0.4, 0.5) is 11.5 Å². The molecule has 1 aromatic heterocycles. The van der Waals surface area contributed by atoms with Crippen molar-refractivity contribution in [1.29, 1.82) is 0 Å². The van der Waals surface area contributed by atoms with E-state index in [-0.39, 0.29) is 10.8 Å². The summed E-state index contributed by atoms with van der Waals surface area (Å²) < 4.78 is 28.9. The van der Waals surface area contributed by atoms with Crippen molar-refractivity contribution in [2.45, 2.75) is 25.2 Å². The molecule has 1 amide bonds. The Morgan fingerprint density at radius 1 is 1.19 bits per heavy atom. The van der Waals surface area contributed by atoms with Gasteiger partial charge in [0.2, 0.25) is 0 Å².